The van der Waals surface area contributed by atoms with Gasteiger partial charge in [-0.3, -0.25) is 0 Å². The van der Waals surface area contributed by atoms with Crippen molar-refractivity contribution in [3.63, 3.8) is 0 Å². The van der Waals surface area contributed by atoms with Gasteiger partial charge in [0.25, 0.3) is 0 Å². The monoisotopic (exact) mass is 392 g/mol. The minimum Gasteiger partial charge on any atom is -0.452 e. The van der Waals surface area contributed by atoms with Gasteiger partial charge in [-0.2, -0.15) is 0 Å². The van der Waals surface area contributed by atoms with Crippen molar-refractivity contribution < 1.29 is 27.1 Å². The highest BCUT2D eigenvalue weighted by molar-refractivity contribution is 9.10. The van der Waals surface area contributed by atoms with Gasteiger partial charge in [-0.15, -0.1) is 13.2 Å². The number of nitrogens with zero attached hydrogens (tertiary/aromatic N) is 1. The molecule has 0 aliphatic heterocycles. The molecule has 0 unspecified atom stereocenters. The largest absolute Gasteiger partial charge is 0.573 e. The Hall–Kier alpha value is -2.16. The first-order chi connectivity index (χ1) is 10.7. The summed E-state index contributed by atoms with van der Waals surface area (Å²) in [6, 6.07) is 7.87. The molecule has 0 aliphatic carbocycles. The van der Waals surface area contributed by atoms with Crippen LogP contribution in [0.3, 0.4) is 0 Å². The number of rotatable bonds is 4. The Morgan fingerprint density at radius 1 is 1.26 bits per heavy atom. The second-order valence-electron chi connectivity index (χ2n) is 4.56. The molecule has 0 saturated carbocycles. The number of hydrogen-bond donors (Lipinski definition) is 1. The van der Waals surface area contributed by atoms with Crippen LogP contribution in [-0.4, -0.2) is 24.3 Å². The number of nitrogens with one attached hydrogen (secondary N) is 1. The Labute approximate surface area is 138 Å². The van der Waals surface area contributed by atoms with Gasteiger partial charge < -0.3 is 19.4 Å². The SMILES string of the molecule is CN(Cc1ccc(Br)o1)C(=O)Nc1ccc(OC(F)(F)F)cc1. The molecule has 0 spiro atoms. The van der Waals surface area contributed by atoms with E-state index in [9.17, 15) is 18.0 Å². The lowest BCUT2D eigenvalue weighted by Gasteiger charge is -2.17. The molecular formula is C14H12BrF3N2O3. The van der Waals surface area contributed by atoms with Crippen molar-refractivity contribution in [1.82, 2.24) is 4.90 Å². The zero-order valence-corrected chi connectivity index (χ0v) is 13.4. The average molecular weight is 393 g/mol. The van der Waals surface area contributed by atoms with Crippen LogP contribution in [0.4, 0.5) is 23.7 Å². The predicted octanol–water partition coefficient (Wildman–Crippen LogP) is 4.60. The Morgan fingerprint density at radius 2 is 1.91 bits per heavy atom. The van der Waals surface area contributed by atoms with Crippen molar-refractivity contribution in [1.29, 1.82) is 0 Å². The van der Waals surface area contributed by atoms with Crippen LogP contribution in [0.2, 0.25) is 0 Å². The second-order valence-corrected chi connectivity index (χ2v) is 5.35. The standard InChI is InChI=1S/C14H12BrF3N2O3/c1-20(8-11-6-7-12(15)22-11)13(21)19-9-2-4-10(5-3-9)23-14(16,17)18/h2-7H,8H2,1H3,(H,19,21). The number of halogens is 4. The van der Waals surface area contributed by atoms with E-state index in [4.69, 9.17) is 4.42 Å². The summed E-state index contributed by atoms with van der Waals surface area (Å²) in [6.07, 6.45) is -4.75. The van der Waals surface area contributed by atoms with Crippen molar-refractivity contribution in [3.05, 3.63) is 46.8 Å². The van der Waals surface area contributed by atoms with Gasteiger partial charge in [-0.1, -0.05) is 0 Å². The van der Waals surface area contributed by atoms with Crippen LogP contribution in [0.15, 0.2) is 45.5 Å². The first-order valence-corrected chi connectivity index (χ1v) is 7.14. The van der Waals surface area contributed by atoms with Gasteiger partial charge in [0.1, 0.15) is 11.5 Å². The summed E-state index contributed by atoms with van der Waals surface area (Å²) in [5.74, 6) is 0.229. The molecule has 2 rings (SSSR count). The third-order valence-corrected chi connectivity index (χ3v) is 3.13. The van der Waals surface area contributed by atoms with E-state index in [0.717, 1.165) is 12.1 Å². The number of hydrogen-bond acceptors (Lipinski definition) is 3. The second kappa shape index (κ2) is 6.95. The van der Waals surface area contributed by atoms with Gasteiger partial charge in [0.15, 0.2) is 4.67 Å². The normalized spacial score (nSPS) is 11.2. The molecule has 1 heterocycles. The van der Waals surface area contributed by atoms with Crippen LogP contribution >= 0.6 is 15.9 Å². The third-order valence-electron chi connectivity index (χ3n) is 2.71. The number of carbonyl (C=O) groups is 1. The van der Waals surface area contributed by atoms with E-state index in [1.165, 1.54) is 17.0 Å². The molecule has 0 radical (unpaired) electrons. The molecule has 1 aromatic heterocycles. The maximum atomic E-state index is 12.1. The highest BCUT2D eigenvalue weighted by Crippen LogP contribution is 2.24. The van der Waals surface area contributed by atoms with E-state index in [1.54, 1.807) is 19.2 Å². The molecule has 0 aliphatic rings. The zero-order valence-electron chi connectivity index (χ0n) is 11.9. The van der Waals surface area contributed by atoms with Crippen molar-refractivity contribution >= 4 is 27.6 Å². The number of alkyl halides is 3. The maximum Gasteiger partial charge on any atom is 0.573 e. The first kappa shape index (κ1) is 17.2. The smallest absolute Gasteiger partial charge is 0.452 e. The maximum absolute atomic E-state index is 12.1. The van der Waals surface area contributed by atoms with E-state index in [1.807, 2.05) is 0 Å². The highest BCUT2D eigenvalue weighted by atomic mass is 79.9. The molecule has 1 N–H and O–H groups in total. The van der Waals surface area contributed by atoms with Crippen LogP contribution in [0.5, 0.6) is 5.75 Å². The number of amides is 2. The number of furan rings is 1. The Kier molecular flexibility index (Phi) is 5.19. The molecule has 0 saturated heterocycles. The molecule has 0 atom stereocenters. The number of carbonyl (C=O) groups excluding carboxylic acids is 1. The van der Waals surface area contributed by atoms with E-state index >= 15 is 0 Å². The molecule has 23 heavy (non-hydrogen) atoms. The summed E-state index contributed by atoms with van der Waals surface area (Å²) >= 11 is 3.16. The topological polar surface area (TPSA) is 54.7 Å². The quantitative estimate of drug-likeness (QED) is 0.826. The summed E-state index contributed by atoms with van der Waals surface area (Å²) in [4.78, 5) is 13.4. The van der Waals surface area contributed by atoms with Gasteiger partial charge in [-0.05, 0) is 52.3 Å². The Bertz CT molecular complexity index is 671. The molecule has 2 amide bonds. The zero-order chi connectivity index (χ0) is 17.0. The first-order valence-electron chi connectivity index (χ1n) is 6.35. The van der Waals surface area contributed by atoms with Gasteiger partial charge in [0.2, 0.25) is 0 Å². The average Bonchev–Trinajstić information content (AvgIpc) is 2.84. The lowest BCUT2D eigenvalue weighted by molar-refractivity contribution is -0.274. The minimum atomic E-state index is -4.75. The molecule has 2 aromatic rings. The molecule has 9 heteroatoms. The third kappa shape index (κ3) is 5.51. The van der Waals surface area contributed by atoms with Gasteiger partial charge in [-0.25, -0.2) is 4.79 Å². The number of benzene rings is 1. The van der Waals surface area contributed by atoms with Crippen molar-refractivity contribution in [3.8, 4) is 5.75 Å². The fourth-order valence-electron chi connectivity index (χ4n) is 1.70. The molecule has 124 valence electrons. The summed E-state index contributed by atoms with van der Waals surface area (Å²) in [5.41, 5.74) is 0.344. The lowest BCUT2D eigenvalue weighted by atomic mass is 10.3. The predicted molar refractivity (Wildman–Crippen MR) is 80.0 cm³/mol. The molecular weight excluding hydrogens is 381 g/mol. The lowest BCUT2D eigenvalue weighted by Crippen LogP contribution is -2.30. The van der Waals surface area contributed by atoms with E-state index in [2.05, 4.69) is 26.0 Å². The van der Waals surface area contributed by atoms with Crippen LogP contribution in [0.1, 0.15) is 5.76 Å². The van der Waals surface area contributed by atoms with Crippen LogP contribution < -0.4 is 10.1 Å². The summed E-state index contributed by atoms with van der Waals surface area (Å²) < 4.78 is 45.8. The minimum absolute atomic E-state index is 0.243. The van der Waals surface area contributed by atoms with E-state index in [-0.39, 0.29) is 12.3 Å². The van der Waals surface area contributed by atoms with Gasteiger partial charge in [0, 0.05) is 12.7 Å². The van der Waals surface area contributed by atoms with Gasteiger partial charge in [0.05, 0.1) is 6.54 Å². The summed E-state index contributed by atoms with van der Waals surface area (Å²) in [5, 5.41) is 2.56. The molecule has 0 fully saturated rings. The number of urea groups is 1. The summed E-state index contributed by atoms with van der Waals surface area (Å²) in [7, 11) is 1.56. The van der Waals surface area contributed by atoms with E-state index in [0.29, 0.717) is 16.1 Å². The van der Waals surface area contributed by atoms with Crippen molar-refractivity contribution in [2.45, 2.75) is 12.9 Å². The Balaban J connectivity index is 1.91. The Morgan fingerprint density at radius 3 is 2.43 bits per heavy atom. The van der Waals surface area contributed by atoms with Crippen molar-refractivity contribution in [2.75, 3.05) is 12.4 Å². The summed E-state index contributed by atoms with van der Waals surface area (Å²) in [6.45, 7) is 0.243. The highest BCUT2D eigenvalue weighted by Gasteiger charge is 2.30. The van der Waals surface area contributed by atoms with Crippen LogP contribution in [0, 0.1) is 0 Å². The molecule has 5 nitrogen and oxygen atoms in total. The van der Waals surface area contributed by atoms with E-state index < -0.39 is 12.4 Å². The van der Waals surface area contributed by atoms with Gasteiger partial charge >= 0.3 is 12.4 Å². The number of anilines is 1. The number of ether oxygens (including phenoxy) is 1. The molecule has 0 bridgehead atoms. The van der Waals surface area contributed by atoms with Crippen LogP contribution in [-0.2, 0) is 6.54 Å². The molecule has 1 aromatic carbocycles. The fraction of sp³-hybridized carbons (Fsp3) is 0.214. The van der Waals surface area contributed by atoms with Crippen LogP contribution in [0.25, 0.3) is 0 Å². The fourth-order valence-corrected chi connectivity index (χ4v) is 2.04. The van der Waals surface area contributed by atoms with Crippen molar-refractivity contribution in [2.24, 2.45) is 0 Å².